The van der Waals surface area contributed by atoms with E-state index in [1.165, 1.54) is 11.8 Å². The lowest BCUT2D eigenvalue weighted by Crippen LogP contribution is -2.41. The van der Waals surface area contributed by atoms with Crippen LogP contribution < -0.4 is 0 Å². The highest BCUT2D eigenvalue weighted by Crippen LogP contribution is 2.29. The Bertz CT molecular complexity index is 520. The van der Waals surface area contributed by atoms with Crippen LogP contribution in [0.3, 0.4) is 0 Å². The van der Waals surface area contributed by atoms with E-state index < -0.39 is 5.97 Å². The fourth-order valence-corrected chi connectivity index (χ4v) is 3.60. The van der Waals surface area contributed by atoms with Crippen LogP contribution in [0.25, 0.3) is 0 Å². The van der Waals surface area contributed by atoms with Gasteiger partial charge in [0.25, 0.3) is 0 Å². The van der Waals surface area contributed by atoms with Crippen LogP contribution in [0, 0.1) is 0 Å². The summed E-state index contributed by atoms with van der Waals surface area (Å²) >= 11 is 7.31. The van der Waals surface area contributed by atoms with Gasteiger partial charge in [-0.3, -0.25) is 9.59 Å². The number of rotatable bonds is 5. The summed E-state index contributed by atoms with van der Waals surface area (Å²) in [5.74, 6) is -0.837. The molecule has 1 aliphatic heterocycles. The topological polar surface area (TPSA) is 57.6 Å². The first-order valence-corrected chi connectivity index (χ1v) is 8.17. The normalized spacial score (nSPS) is 19.5. The third-order valence-corrected chi connectivity index (χ3v) is 4.90. The number of carboxylic acid groups (broad SMARTS) is 1. The Labute approximate surface area is 133 Å². The number of hydrogen-bond donors (Lipinski definition) is 1. The monoisotopic (exact) mass is 327 g/mol. The lowest BCUT2D eigenvalue weighted by molar-refractivity contribution is -0.139. The molecule has 2 atom stereocenters. The summed E-state index contributed by atoms with van der Waals surface area (Å²) in [7, 11) is 0. The Kier molecular flexibility index (Phi) is 5.53. The first-order valence-electron chi connectivity index (χ1n) is 6.92. The highest BCUT2D eigenvalue weighted by Gasteiger charge is 2.32. The zero-order valence-electron chi connectivity index (χ0n) is 11.8. The Morgan fingerprint density at radius 2 is 2.10 bits per heavy atom. The van der Waals surface area contributed by atoms with Crippen molar-refractivity contribution in [1.82, 2.24) is 4.90 Å². The van der Waals surface area contributed by atoms with E-state index in [2.05, 4.69) is 0 Å². The van der Waals surface area contributed by atoms with Crippen molar-refractivity contribution in [3.8, 4) is 0 Å². The van der Waals surface area contributed by atoms with Crippen LogP contribution in [0.1, 0.15) is 26.2 Å². The molecule has 0 bridgehead atoms. The van der Waals surface area contributed by atoms with Gasteiger partial charge in [0, 0.05) is 22.5 Å². The van der Waals surface area contributed by atoms with Gasteiger partial charge in [-0.25, -0.2) is 0 Å². The van der Waals surface area contributed by atoms with Gasteiger partial charge in [0.15, 0.2) is 0 Å². The van der Waals surface area contributed by atoms with Crippen molar-refractivity contribution in [2.45, 2.75) is 42.4 Å². The predicted molar refractivity (Wildman–Crippen MR) is 83.8 cm³/mol. The Balaban J connectivity index is 1.98. The molecule has 1 fully saturated rings. The number of nitrogens with zero attached hydrogens (tertiary/aromatic N) is 1. The smallest absolute Gasteiger partial charge is 0.305 e. The maximum Gasteiger partial charge on any atom is 0.305 e. The summed E-state index contributed by atoms with van der Waals surface area (Å²) in [6.45, 7) is 2.51. The minimum absolute atomic E-state index is 0.0127. The number of likely N-dealkylation sites (tertiary alicyclic amines) is 1. The molecule has 0 aromatic heterocycles. The maximum absolute atomic E-state index is 12.5. The highest BCUT2D eigenvalue weighted by molar-refractivity contribution is 8.00. The van der Waals surface area contributed by atoms with Crippen molar-refractivity contribution in [3.05, 3.63) is 29.3 Å². The molecule has 0 spiro atoms. The number of hydrogen-bond acceptors (Lipinski definition) is 3. The molecule has 1 aromatic carbocycles. The molecule has 1 saturated heterocycles. The number of benzene rings is 1. The average Bonchev–Trinajstić information content (AvgIpc) is 2.87. The van der Waals surface area contributed by atoms with Crippen molar-refractivity contribution in [3.63, 3.8) is 0 Å². The fourth-order valence-electron chi connectivity index (χ4n) is 2.54. The average molecular weight is 328 g/mol. The second kappa shape index (κ2) is 7.18. The third kappa shape index (κ3) is 4.38. The van der Waals surface area contributed by atoms with Crippen LogP contribution in [-0.4, -0.2) is 39.7 Å². The van der Waals surface area contributed by atoms with E-state index >= 15 is 0 Å². The fraction of sp³-hybridized carbons (Fsp3) is 0.467. The quantitative estimate of drug-likeness (QED) is 0.843. The lowest BCUT2D eigenvalue weighted by Gasteiger charge is -2.26. The number of amides is 1. The minimum Gasteiger partial charge on any atom is -0.481 e. The van der Waals surface area contributed by atoms with E-state index in [9.17, 15) is 9.59 Å². The number of carbonyl (C=O) groups excluding carboxylic acids is 1. The van der Waals surface area contributed by atoms with Gasteiger partial charge < -0.3 is 10.0 Å². The highest BCUT2D eigenvalue weighted by atomic mass is 35.5. The van der Waals surface area contributed by atoms with E-state index in [-0.39, 0.29) is 23.6 Å². The van der Waals surface area contributed by atoms with E-state index in [0.717, 1.165) is 17.7 Å². The standard InChI is InChI=1S/C15H18ClNO3S/c1-10(21-13-6-4-11(16)5-7-13)15(20)17-8-2-3-12(17)9-14(18)19/h4-7,10,12H,2-3,8-9H2,1H3,(H,18,19). The molecular formula is C15H18ClNO3S. The summed E-state index contributed by atoms with van der Waals surface area (Å²) in [4.78, 5) is 26.1. The molecule has 1 amide bonds. The van der Waals surface area contributed by atoms with Gasteiger partial charge in [-0.15, -0.1) is 11.8 Å². The summed E-state index contributed by atoms with van der Waals surface area (Å²) in [5, 5.41) is 9.35. The molecule has 1 heterocycles. The maximum atomic E-state index is 12.5. The molecule has 0 saturated carbocycles. The second-order valence-corrected chi connectivity index (χ2v) is 6.99. The number of carbonyl (C=O) groups is 2. The predicted octanol–water partition coefficient (Wildman–Crippen LogP) is 3.29. The van der Waals surface area contributed by atoms with Crippen LogP contribution in [0.2, 0.25) is 5.02 Å². The number of thioether (sulfide) groups is 1. The van der Waals surface area contributed by atoms with Crippen molar-refractivity contribution in [2.75, 3.05) is 6.54 Å². The molecule has 6 heteroatoms. The van der Waals surface area contributed by atoms with Gasteiger partial charge in [0.05, 0.1) is 11.7 Å². The zero-order chi connectivity index (χ0) is 15.4. The van der Waals surface area contributed by atoms with Gasteiger partial charge in [0.2, 0.25) is 5.91 Å². The first-order chi connectivity index (χ1) is 9.97. The molecule has 2 rings (SSSR count). The largest absolute Gasteiger partial charge is 0.481 e. The summed E-state index contributed by atoms with van der Waals surface area (Å²) < 4.78 is 0. The van der Waals surface area contributed by atoms with E-state index in [1.807, 2.05) is 19.1 Å². The SMILES string of the molecule is CC(Sc1ccc(Cl)cc1)C(=O)N1CCCC1CC(=O)O. The van der Waals surface area contributed by atoms with Gasteiger partial charge in [-0.1, -0.05) is 11.6 Å². The molecule has 0 radical (unpaired) electrons. The van der Waals surface area contributed by atoms with Crippen LogP contribution >= 0.6 is 23.4 Å². The van der Waals surface area contributed by atoms with Crippen molar-refractivity contribution in [2.24, 2.45) is 0 Å². The molecular weight excluding hydrogens is 310 g/mol. The second-order valence-electron chi connectivity index (χ2n) is 5.14. The molecule has 1 N–H and O–H groups in total. The molecule has 4 nitrogen and oxygen atoms in total. The van der Waals surface area contributed by atoms with E-state index in [0.29, 0.717) is 11.6 Å². The molecule has 1 aliphatic rings. The van der Waals surface area contributed by atoms with Crippen molar-refractivity contribution in [1.29, 1.82) is 0 Å². The Morgan fingerprint density at radius 3 is 2.71 bits per heavy atom. The Morgan fingerprint density at radius 1 is 1.43 bits per heavy atom. The Hall–Kier alpha value is -1.20. The van der Waals surface area contributed by atoms with Crippen LogP contribution in [0.4, 0.5) is 0 Å². The third-order valence-electron chi connectivity index (χ3n) is 3.54. The van der Waals surface area contributed by atoms with Gasteiger partial charge in [0.1, 0.15) is 0 Å². The van der Waals surface area contributed by atoms with Gasteiger partial charge in [-0.05, 0) is 44.0 Å². The number of halogens is 1. The zero-order valence-corrected chi connectivity index (χ0v) is 13.4. The van der Waals surface area contributed by atoms with Crippen molar-refractivity contribution >= 4 is 35.2 Å². The molecule has 21 heavy (non-hydrogen) atoms. The van der Waals surface area contributed by atoms with Crippen LogP contribution in [0.15, 0.2) is 29.2 Å². The van der Waals surface area contributed by atoms with Gasteiger partial charge in [-0.2, -0.15) is 0 Å². The number of carboxylic acids is 1. The molecule has 114 valence electrons. The van der Waals surface area contributed by atoms with Crippen LogP contribution in [-0.2, 0) is 9.59 Å². The molecule has 0 aliphatic carbocycles. The summed E-state index contributed by atoms with van der Waals surface area (Å²) in [6.07, 6.45) is 1.68. The lowest BCUT2D eigenvalue weighted by atomic mass is 10.1. The molecule has 1 aromatic rings. The van der Waals surface area contributed by atoms with E-state index in [1.54, 1.807) is 17.0 Å². The number of aliphatic carboxylic acids is 1. The van der Waals surface area contributed by atoms with Crippen LogP contribution in [0.5, 0.6) is 0 Å². The summed E-state index contributed by atoms with van der Waals surface area (Å²) in [6, 6.07) is 7.20. The van der Waals surface area contributed by atoms with Gasteiger partial charge >= 0.3 is 5.97 Å². The van der Waals surface area contributed by atoms with Crippen molar-refractivity contribution < 1.29 is 14.7 Å². The minimum atomic E-state index is -0.849. The molecule has 2 unspecified atom stereocenters. The summed E-state index contributed by atoms with van der Waals surface area (Å²) in [5.41, 5.74) is 0. The van der Waals surface area contributed by atoms with E-state index in [4.69, 9.17) is 16.7 Å². The first kappa shape index (κ1) is 16.2.